The van der Waals surface area contributed by atoms with E-state index in [1.54, 1.807) is 0 Å². The van der Waals surface area contributed by atoms with Gasteiger partial charge in [-0.05, 0) is 126 Å². The van der Waals surface area contributed by atoms with Crippen molar-refractivity contribution in [3.63, 3.8) is 0 Å². The second kappa shape index (κ2) is 14.5. The van der Waals surface area contributed by atoms with E-state index in [9.17, 15) is 4.79 Å². The van der Waals surface area contributed by atoms with Gasteiger partial charge in [0.05, 0.1) is 12.5 Å². The maximum Gasteiger partial charge on any atom is 0.227 e. The molecule has 0 aliphatic carbocycles. The molecule has 1 amide bonds. The van der Waals surface area contributed by atoms with Gasteiger partial charge in [0, 0.05) is 24.5 Å². The molecule has 0 radical (unpaired) electrons. The molecule has 0 bridgehead atoms. The summed E-state index contributed by atoms with van der Waals surface area (Å²) in [6, 6.07) is 24.7. The van der Waals surface area contributed by atoms with Crippen molar-refractivity contribution >= 4 is 16.7 Å². The van der Waals surface area contributed by atoms with Crippen LogP contribution in [-0.4, -0.2) is 78.6 Å². The first-order valence-corrected chi connectivity index (χ1v) is 17.5. The minimum absolute atomic E-state index is 0.0392. The Morgan fingerprint density at radius 1 is 0.841 bits per heavy atom. The summed E-state index contributed by atoms with van der Waals surface area (Å²) in [6.07, 6.45) is 11.8. The lowest BCUT2D eigenvalue weighted by atomic mass is 9.73. The number of likely N-dealkylation sites (tertiary alicyclic amines) is 3. The third kappa shape index (κ3) is 7.66. The fraction of sp³-hybridized carbons (Fsp3) is 0.564. The zero-order chi connectivity index (χ0) is 30.4. The summed E-state index contributed by atoms with van der Waals surface area (Å²) in [4.78, 5) is 21.6. The van der Waals surface area contributed by atoms with E-state index in [0.29, 0.717) is 6.42 Å². The highest BCUT2D eigenvalue weighted by molar-refractivity contribution is 5.83. The molecule has 3 fully saturated rings. The van der Waals surface area contributed by atoms with Gasteiger partial charge in [-0.2, -0.15) is 0 Å². The molecule has 5 nitrogen and oxygen atoms in total. The van der Waals surface area contributed by atoms with Crippen LogP contribution >= 0.6 is 0 Å². The summed E-state index contributed by atoms with van der Waals surface area (Å²) in [5.74, 6) is 1.08. The number of nitrogens with zero attached hydrogens (tertiary/aromatic N) is 3. The zero-order valence-electron chi connectivity index (χ0n) is 27.2. The highest BCUT2D eigenvalue weighted by Gasteiger charge is 2.38. The second-order valence-corrected chi connectivity index (χ2v) is 14.0. The minimum atomic E-state index is -0.0392. The average Bonchev–Trinajstić information content (AvgIpc) is 3.28. The Morgan fingerprint density at radius 3 is 2.41 bits per heavy atom. The van der Waals surface area contributed by atoms with E-state index in [4.69, 9.17) is 4.74 Å². The maximum absolute atomic E-state index is 13.9. The predicted molar refractivity (Wildman–Crippen MR) is 181 cm³/mol. The van der Waals surface area contributed by atoms with Crippen molar-refractivity contribution in [2.75, 3.05) is 45.8 Å². The van der Waals surface area contributed by atoms with Crippen molar-refractivity contribution < 1.29 is 9.53 Å². The summed E-state index contributed by atoms with van der Waals surface area (Å²) in [7, 11) is 0. The van der Waals surface area contributed by atoms with E-state index in [1.165, 1.54) is 74.6 Å². The third-order valence-electron chi connectivity index (χ3n) is 10.5. The van der Waals surface area contributed by atoms with Crippen LogP contribution in [0.1, 0.15) is 82.8 Å². The molecule has 6 rings (SSSR count). The van der Waals surface area contributed by atoms with Crippen LogP contribution in [0.25, 0.3) is 10.8 Å². The Labute approximate surface area is 265 Å². The Kier molecular flexibility index (Phi) is 10.2. The van der Waals surface area contributed by atoms with Crippen LogP contribution in [0.5, 0.6) is 5.75 Å². The van der Waals surface area contributed by atoms with Crippen molar-refractivity contribution in [2.24, 2.45) is 0 Å². The Hall–Kier alpha value is -2.89. The van der Waals surface area contributed by atoms with E-state index < -0.39 is 0 Å². The van der Waals surface area contributed by atoms with Crippen LogP contribution in [0.15, 0.2) is 66.7 Å². The van der Waals surface area contributed by atoms with Gasteiger partial charge in [-0.15, -0.1) is 0 Å². The lowest BCUT2D eigenvalue weighted by molar-refractivity contribution is -0.131. The minimum Gasteiger partial charge on any atom is -0.491 e. The van der Waals surface area contributed by atoms with Crippen LogP contribution in [0.2, 0.25) is 0 Å². The van der Waals surface area contributed by atoms with Crippen molar-refractivity contribution in [3.8, 4) is 5.75 Å². The summed E-state index contributed by atoms with van der Waals surface area (Å²) >= 11 is 0. The Bertz CT molecular complexity index is 1370. The number of benzene rings is 3. The predicted octanol–water partition coefficient (Wildman–Crippen LogP) is 7.46. The highest BCUT2D eigenvalue weighted by Crippen LogP contribution is 2.39. The van der Waals surface area contributed by atoms with Gasteiger partial charge in [-0.1, -0.05) is 67.4 Å². The molecule has 3 aliphatic rings. The fourth-order valence-electron chi connectivity index (χ4n) is 8.06. The Balaban J connectivity index is 1.19. The average molecular weight is 596 g/mol. The molecule has 5 heteroatoms. The largest absolute Gasteiger partial charge is 0.491 e. The third-order valence-corrected chi connectivity index (χ3v) is 10.5. The molecule has 236 valence electrons. The molecule has 0 saturated carbocycles. The van der Waals surface area contributed by atoms with Gasteiger partial charge in [-0.3, -0.25) is 4.79 Å². The molecule has 3 saturated heterocycles. The van der Waals surface area contributed by atoms with Gasteiger partial charge < -0.3 is 19.4 Å². The van der Waals surface area contributed by atoms with Crippen LogP contribution in [0, 0.1) is 0 Å². The van der Waals surface area contributed by atoms with Crippen LogP contribution in [0.3, 0.4) is 0 Å². The lowest BCUT2D eigenvalue weighted by Crippen LogP contribution is -2.48. The lowest BCUT2D eigenvalue weighted by Gasteiger charge is -2.42. The van der Waals surface area contributed by atoms with Gasteiger partial charge in [0.1, 0.15) is 5.75 Å². The molecule has 1 atom stereocenters. The summed E-state index contributed by atoms with van der Waals surface area (Å²) in [5.41, 5.74) is 2.40. The molecular weight excluding hydrogens is 542 g/mol. The number of fused-ring (bicyclic) bond motifs is 1. The number of rotatable bonds is 9. The summed E-state index contributed by atoms with van der Waals surface area (Å²) in [5, 5.41) is 2.59. The van der Waals surface area contributed by atoms with Crippen molar-refractivity contribution in [1.82, 2.24) is 14.7 Å². The molecule has 0 unspecified atom stereocenters. The first-order valence-electron chi connectivity index (χ1n) is 17.5. The maximum atomic E-state index is 13.9. The van der Waals surface area contributed by atoms with Crippen molar-refractivity contribution in [1.29, 1.82) is 0 Å². The summed E-state index contributed by atoms with van der Waals surface area (Å²) < 4.78 is 5.93. The van der Waals surface area contributed by atoms with Gasteiger partial charge >= 0.3 is 0 Å². The molecule has 0 aromatic heterocycles. The number of piperidine rings is 2. The van der Waals surface area contributed by atoms with Gasteiger partial charge in [0.2, 0.25) is 5.91 Å². The second-order valence-electron chi connectivity index (χ2n) is 14.0. The topological polar surface area (TPSA) is 36.0 Å². The van der Waals surface area contributed by atoms with E-state index in [-0.39, 0.29) is 17.4 Å². The van der Waals surface area contributed by atoms with E-state index in [1.807, 2.05) is 32.0 Å². The van der Waals surface area contributed by atoms with E-state index >= 15 is 0 Å². The van der Waals surface area contributed by atoms with Gasteiger partial charge in [-0.25, -0.2) is 0 Å². The number of carbonyl (C=O) groups excluding carboxylic acids is 1. The molecule has 3 heterocycles. The molecule has 0 spiro atoms. The number of ether oxygens (including phenoxy) is 1. The smallest absolute Gasteiger partial charge is 0.227 e. The number of hydrogen-bond donors (Lipinski definition) is 0. The molecule has 44 heavy (non-hydrogen) atoms. The highest BCUT2D eigenvalue weighted by atomic mass is 16.5. The summed E-state index contributed by atoms with van der Waals surface area (Å²) in [6.45, 7) is 11.8. The fourth-order valence-corrected chi connectivity index (χ4v) is 8.06. The van der Waals surface area contributed by atoms with Crippen molar-refractivity contribution in [2.45, 2.75) is 95.6 Å². The zero-order valence-corrected chi connectivity index (χ0v) is 27.2. The standard InChI is InChI=1S/C39H53N3O2/c1-31(2)44-37-14-10-11-32(27-37)28-38(43)42-23-9-6-19-39(30-42,35-16-15-33-12-4-5-13-34(33)29-35)20-26-40-24-17-36(18-25-40)41-21-7-3-8-22-41/h4-5,10-16,27,29,31,36H,3,6-9,17-26,28,30H2,1-2H3/t39-/m1/s1. The number of carbonyl (C=O) groups is 1. The number of hydrogen-bond acceptors (Lipinski definition) is 4. The molecule has 3 aliphatic heterocycles. The SMILES string of the molecule is CC(C)Oc1cccc(CC(=O)N2CCCC[C@](CCN3CCC(N4CCCCC4)CC3)(c3ccc4ccccc4c3)C2)c1. The monoisotopic (exact) mass is 595 g/mol. The quantitative estimate of drug-likeness (QED) is 0.257. The molecule has 3 aromatic carbocycles. The number of amides is 1. The van der Waals surface area contributed by atoms with Crippen molar-refractivity contribution in [3.05, 3.63) is 77.9 Å². The first kappa shape index (κ1) is 31.1. The molecule has 3 aromatic rings. The first-order chi connectivity index (χ1) is 21.5. The van der Waals surface area contributed by atoms with E-state index in [2.05, 4.69) is 63.2 Å². The molecule has 0 N–H and O–H groups in total. The van der Waals surface area contributed by atoms with Crippen LogP contribution in [-0.2, 0) is 16.6 Å². The normalized spacial score (nSPS) is 22.8. The van der Waals surface area contributed by atoms with Crippen LogP contribution < -0.4 is 4.74 Å². The Morgan fingerprint density at radius 2 is 1.61 bits per heavy atom. The van der Waals surface area contributed by atoms with Gasteiger partial charge in [0.15, 0.2) is 0 Å². The molecular formula is C39H53N3O2. The van der Waals surface area contributed by atoms with Gasteiger partial charge in [0.25, 0.3) is 0 Å². The van der Waals surface area contributed by atoms with Crippen LogP contribution in [0.4, 0.5) is 0 Å². The van der Waals surface area contributed by atoms with E-state index in [0.717, 1.165) is 62.7 Å².